The van der Waals surface area contributed by atoms with Crippen molar-refractivity contribution in [1.29, 1.82) is 0 Å². The molecule has 0 N–H and O–H groups in total. The Hall–Kier alpha value is -2.33. The lowest BCUT2D eigenvalue weighted by Gasteiger charge is -2.14. The van der Waals surface area contributed by atoms with Crippen LogP contribution in [-0.2, 0) is 0 Å². The molecule has 2 aromatic carbocycles. The molecule has 0 bridgehead atoms. The van der Waals surface area contributed by atoms with Crippen molar-refractivity contribution in [1.82, 2.24) is 9.55 Å². The molecule has 1 aliphatic carbocycles. The summed E-state index contributed by atoms with van der Waals surface area (Å²) in [6.07, 6.45) is 4.31. The molecular formula is C21H20N2OS. The fraction of sp³-hybridized carbons (Fsp3) is 0.238. The maximum Gasteiger partial charge on any atom is 0.175 e. The molecule has 0 spiro atoms. The van der Waals surface area contributed by atoms with E-state index in [0.717, 1.165) is 16.4 Å². The average Bonchev–Trinajstić information content (AvgIpc) is 3.42. The van der Waals surface area contributed by atoms with Crippen LogP contribution < -0.4 is 0 Å². The predicted octanol–water partition coefficient (Wildman–Crippen LogP) is 5.25. The summed E-state index contributed by atoms with van der Waals surface area (Å²) < 4.78 is 2.31. The van der Waals surface area contributed by atoms with Crippen LogP contribution in [-0.4, -0.2) is 20.6 Å². The van der Waals surface area contributed by atoms with E-state index in [1.165, 1.54) is 18.4 Å². The molecule has 1 aliphatic rings. The topological polar surface area (TPSA) is 34.9 Å². The monoisotopic (exact) mass is 348 g/mol. The van der Waals surface area contributed by atoms with Crippen molar-refractivity contribution in [3.05, 3.63) is 72.4 Å². The van der Waals surface area contributed by atoms with Crippen molar-refractivity contribution in [2.75, 3.05) is 0 Å². The number of carbonyl (C=O) groups excluding carboxylic acids is 1. The fourth-order valence-electron chi connectivity index (χ4n) is 2.99. The minimum Gasteiger partial charge on any atom is -0.316 e. The maximum atomic E-state index is 12.7. The van der Waals surface area contributed by atoms with Crippen molar-refractivity contribution < 1.29 is 4.79 Å². The second-order valence-electron chi connectivity index (χ2n) is 6.38. The van der Waals surface area contributed by atoms with Gasteiger partial charge in [0.15, 0.2) is 10.9 Å². The zero-order chi connectivity index (χ0) is 17.2. The summed E-state index contributed by atoms with van der Waals surface area (Å²) >= 11 is 1.56. The van der Waals surface area contributed by atoms with Crippen LogP contribution in [0.3, 0.4) is 0 Å². The summed E-state index contributed by atoms with van der Waals surface area (Å²) in [5, 5.41) is 0.782. The molecule has 126 valence electrons. The van der Waals surface area contributed by atoms with Crippen molar-refractivity contribution in [2.24, 2.45) is 0 Å². The molecule has 1 unspecified atom stereocenters. The molecule has 0 aliphatic heterocycles. The van der Waals surface area contributed by atoms with E-state index in [-0.39, 0.29) is 11.0 Å². The Bertz CT molecular complexity index is 869. The molecule has 25 heavy (non-hydrogen) atoms. The van der Waals surface area contributed by atoms with Gasteiger partial charge in [-0.25, -0.2) is 4.98 Å². The normalized spacial score (nSPS) is 15.1. The summed E-state index contributed by atoms with van der Waals surface area (Å²) in [4.78, 5) is 17.3. The third-order valence-corrected chi connectivity index (χ3v) is 5.53. The number of rotatable bonds is 6. The first-order valence-corrected chi connectivity index (χ1v) is 9.50. The van der Waals surface area contributed by atoms with Gasteiger partial charge < -0.3 is 4.57 Å². The van der Waals surface area contributed by atoms with Crippen LogP contribution in [0, 0.1) is 0 Å². The van der Waals surface area contributed by atoms with E-state index in [4.69, 9.17) is 0 Å². The highest BCUT2D eigenvalue weighted by molar-refractivity contribution is 8.00. The molecule has 1 saturated carbocycles. The van der Waals surface area contributed by atoms with Gasteiger partial charge in [-0.1, -0.05) is 72.4 Å². The quantitative estimate of drug-likeness (QED) is 0.451. The number of ketones is 1. The number of nitrogens with zero attached hydrogens (tertiary/aromatic N) is 2. The van der Waals surface area contributed by atoms with Crippen molar-refractivity contribution in [3.63, 3.8) is 0 Å². The second kappa shape index (κ2) is 6.89. The second-order valence-corrected chi connectivity index (χ2v) is 7.69. The van der Waals surface area contributed by atoms with Gasteiger partial charge in [-0.15, -0.1) is 0 Å². The Morgan fingerprint density at radius 3 is 2.36 bits per heavy atom. The van der Waals surface area contributed by atoms with Crippen LogP contribution in [0.5, 0.6) is 0 Å². The van der Waals surface area contributed by atoms with Gasteiger partial charge in [0.05, 0.1) is 17.1 Å². The first-order valence-electron chi connectivity index (χ1n) is 8.62. The molecule has 0 saturated heterocycles. The van der Waals surface area contributed by atoms with Gasteiger partial charge in [0.1, 0.15) is 0 Å². The van der Waals surface area contributed by atoms with E-state index >= 15 is 0 Å². The molecule has 1 fully saturated rings. The third kappa shape index (κ3) is 3.40. The molecule has 3 aromatic rings. The van der Waals surface area contributed by atoms with E-state index in [1.807, 2.05) is 61.7 Å². The van der Waals surface area contributed by atoms with Crippen LogP contribution in [0.25, 0.3) is 11.3 Å². The van der Waals surface area contributed by atoms with Gasteiger partial charge >= 0.3 is 0 Å². The summed E-state index contributed by atoms with van der Waals surface area (Å²) in [6, 6.07) is 20.4. The molecule has 0 amide bonds. The molecule has 1 atom stereocenters. The van der Waals surface area contributed by atoms with Gasteiger partial charge in [0.25, 0.3) is 0 Å². The molecule has 4 rings (SSSR count). The summed E-state index contributed by atoms with van der Waals surface area (Å²) in [5.41, 5.74) is 3.08. The van der Waals surface area contributed by atoms with E-state index in [9.17, 15) is 4.79 Å². The van der Waals surface area contributed by atoms with Gasteiger partial charge in [-0.2, -0.15) is 0 Å². The van der Waals surface area contributed by atoms with Gasteiger partial charge in [0.2, 0.25) is 0 Å². The highest BCUT2D eigenvalue weighted by Gasteiger charge is 2.30. The Morgan fingerprint density at radius 1 is 1.08 bits per heavy atom. The number of hydrogen-bond donors (Lipinski definition) is 0. The zero-order valence-electron chi connectivity index (χ0n) is 14.1. The maximum absolute atomic E-state index is 12.7. The highest BCUT2D eigenvalue weighted by atomic mass is 32.2. The fourth-order valence-corrected chi connectivity index (χ4v) is 4.02. The lowest BCUT2D eigenvalue weighted by molar-refractivity contribution is 0.0994. The van der Waals surface area contributed by atoms with Crippen LogP contribution >= 0.6 is 11.8 Å². The predicted molar refractivity (Wildman–Crippen MR) is 102 cm³/mol. The first-order chi connectivity index (χ1) is 12.2. The molecular weight excluding hydrogens is 328 g/mol. The smallest absolute Gasteiger partial charge is 0.175 e. The standard InChI is InChI=1S/C21H20N2OS/c1-15(20(24)17-10-6-3-7-11-17)25-21-22-14-19(23(21)18-12-13-18)16-8-4-2-5-9-16/h2-11,14-15,18H,12-13H2,1H3. The van der Waals surface area contributed by atoms with Crippen LogP contribution in [0.2, 0.25) is 0 Å². The van der Waals surface area contributed by atoms with E-state index in [2.05, 4.69) is 21.7 Å². The zero-order valence-corrected chi connectivity index (χ0v) is 14.9. The molecule has 1 aromatic heterocycles. The summed E-state index contributed by atoms with van der Waals surface area (Å²) in [6.45, 7) is 1.97. The Labute approximate surface area is 152 Å². The lowest BCUT2D eigenvalue weighted by Crippen LogP contribution is -2.14. The lowest BCUT2D eigenvalue weighted by atomic mass is 10.1. The average molecular weight is 348 g/mol. The van der Waals surface area contributed by atoms with Crippen LogP contribution in [0.1, 0.15) is 36.2 Å². The number of aromatic nitrogens is 2. The van der Waals surface area contributed by atoms with E-state index in [1.54, 1.807) is 11.8 Å². The summed E-state index contributed by atoms with van der Waals surface area (Å²) in [7, 11) is 0. The van der Waals surface area contributed by atoms with Crippen molar-refractivity contribution in [3.8, 4) is 11.3 Å². The molecule has 1 heterocycles. The van der Waals surface area contributed by atoms with Crippen molar-refractivity contribution in [2.45, 2.75) is 36.2 Å². The number of imidazole rings is 1. The van der Waals surface area contributed by atoms with E-state index < -0.39 is 0 Å². The minimum atomic E-state index is -0.161. The minimum absolute atomic E-state index is 0.150. The van der Waals surface area contributed by atoms with Gasteiger partial charge in [-0.3, -0.25) is 4.79 Å². The number of benzene rings is 2. The molecule has 4 heteroatoms. The number of carbonyl (C=O) groups is 1. The Kier molecular flexibility index (Phi) is 4.45. The van der Waals surface area contributed by atoms with E-state index in [0.29, 0.717) is 6.04 Å². The van der Waals surface area contributed by atoms with Crippen LogP contribution in [0.15, 0.2) is 72.0 Å². The number of hydrogen-bond acceptors (Lipinski definition) is 3. The van der Waals surface area contributed by atoms with Gasteiger partial charge in [-0.05, 0) is 25.3 Å². The SMILES string of the molecule is CC(Sc1ncc(-c2ccccc2)n1C1CC1)C(=O)c1ccccc1. The number of thioether (sulfide) groups is 1. The van der Waals surface area contributed by atoms with Crippen molar-refractivity contribution >= 4 is 17.5 Å². The first kappa shape index (κ1) is 16.2. The summed E-state index contributed by atoms with van der Waals surface area (Å²) in [5.74, 6) is 0.150. The Balaban J connectivity index is 1.61. The molecule has 0 radical (unpaired) electrons. The van der Waals surface area contributed by atoms with Gasteiger partial charge in [0, 0.05) is 11.6 Å². The Morgan fingerprint density at radius 2 is 1.72 bits per heavy atom. The number of Topliss-reactive ketones (excluding diaryl/α,β-unsaturated/α-hetero) is 1. The third-order valence-electron chi connectivity index (χ3n) is 4.45. The largest absolute Gasteiger partial charge is 0.316 e. The van der Waals surface area contributed by atoms with Crippen LogP contribution in [0.4, 0.5) is 0 Å². The molecule has 3 nitrogen and oxygen atoms in total. The highest BCUT2D eigenvalue weighted by Crippen LogP contribution is 2.42.